The standard InChI is InChI=1S/C17H31N5O2/c1-13(9-22-12-18-11-20-22)21-15(23)19-10-17(24)7-5-14(6-8-17)16(2,3)4/h11-14,24H,5-10H2,1-4H3,(H2,19,21,23). The fourth-order valence-electron chi connectivity index (χ4n) is 3.37. The van der Waals surface area contributed by atoms with Crippen LogP contribution in [-0.2, 0) is 6.54 Å². The molecule has 0 aromatic carbocycles. The van der Waals surface area contributed by atoms with Gasteiger partial charge in [-0.1, -0.05) is 20.8 Å². The molecule has 1 fully saturated rings. The largest absolute Gasteiger partial charge is 0.388 e. The second-order valence-electron chi connectivity index (χ2n) is 8.21. The topological polar surface area (TPSA) is 92.1 Å². The molecular formula is C17H31N5O2. The number of carbonyl (C=O) groups excluding carboxylic acids is 1. The monoisotopic (exact) mass is 337 g/mol. The van der Waals surface area contributed by atoms with Crippen LogP contribution in [0, 0.1) is 11.3 Å². The fraction of sp³-hybridized carbons (Fsp3) is 0.824. The minimum absolute atomic E-state index is 0.0713. The molecule has 1 aliphatic rings. The van der Waals surface area contributed by atoms with E-state index in [0.717, 1.165) is 25.7 Å². The number of urea groups is 1. The molecule has 0 bridgehead atoms. The third-order valence-corrected chi connectivity index (χ3v) is 5.02. The molecule has 7 nitrogen and oxygen atoms in total. The second kappa shape index (κ2) is 7.51. The second-order valence-corrected chi connectivity index (χ2v) is 8.21. The van der Waals surface area contributed by atoms with Gasteiger partial charge in [0.1, 0.15) is 12.7 Å². The number of nitrogens with one attached hydrogen (secondary N) is 2. The molecule has 1 aromatic rings. The number of aliphatic hydroxyl groups is 1. The molecule has 1 aromatic heterocycles. The number of amides is 2. The van der Waals surface area contributed by atoms with Gasteiger partial charge in [0, 0.05) is 12.6 Å². The van der Waals surface area contributed by atoms with Gasteiger partial charge in [-0.25, -0.2) is 9.78 Å². The molecule has 1 unspecified atom stereocenters. The van der Waals surface area contributed by atoms with E-state index in [2.05, 4.69) is 41.5 Å². The molecule has 2 rings (SSSR count). The van der Waals surface area contributed by atoms with E-state index in [4.69, 9.17) is 0 Å². The van der Waals surface area contributed by atoms with Gasteiger partial charge >= 0.3 is 6.03 Å². The molecule has 1 atom stereocenters. The lowest BCUT2D eigenvalue weighted by molar-refractivity contribution is -0.0219. The van der Waals surface area contributed by atoms with Crippen molar-refractivity contribution in [2.24, 2.45) is 11.3 Å². The lowest BCUT2D eigenvalue weighted by Gasteiger charge is -2.41. The quantitative estimate of drug-likeness (QED) is 0.765. The molecule has 0 saturated heterocycles. The first-order valence-electron chi connectivity index (χ1n) is 8.77. The molecule has 0 radical (unpaired) electrons. The highest BCUT2D eigenvalue weighted by Crippen LogP contribution is 2.41. The Kier molecular flexibility index (Phi) is 5.85. The number of rotatable bonds is 5. The summed E-state index contributed by atoms with van der Waals surface area (Å²) in [5, 5.41) is 20.4. The summed E-state index contributed by atoms with van der Waals surface area (Å²) in [6.45, 7) is 9.53. The summed E-state index contributed by atoms with van der Waals surface area (Å²) in [6.07, 6.45) is 6.58. The third-order valence-electron chi connectivity index (χ3n) is 5.02. The molecule has 136 valence electrons. The maximum Gasteiger partial charge on any atom is 0.315 e. The number of hydrogen-bond donors (Lipinski definition) is 3. The predicted molar refractivity (Wildman–Crippen MR) is 92.4 cm³/mol. The molecule has 0 aliphatic heterocycles. The van der Waals surface area contributed by atoms with Gasteiger partial charge in [-0.15, -0.1) is 0 Å². The fourth-order valence-corrected chi connectivity index (χ4v) is 3.37. The van der Waals surface area contributed by atoms with Crippen molar-refractivity contribution in [3.05, 3.63) is 12.7 Å². The Morgan fingerprint density at radius 2 is 2.08 bits per heavy atom. The number of nitrogens with zero attached hydrogens (tertiary/aromatic N) is 3. The van der Waals surface area contributed by atoms with Gasteiger partial charge in [-0.3, -0.25) is 4.68 Å². The average molecular weight is 337 g/mol. The van der Waals surface area contributed by atoms with E-state index in [1.807, 2.05) is 6.92 Å². The summed E-state index contributed by atoms with van der Waals surface area (Å²) in [7, 11) is 0. The van der Waals surface area contributed by atoms with Crippen LogP contribution in [0.25, 0.3) is 0 Å². The van der Waals surface area contributed by atoms with Crippen LogP contribution in [0.2, 0.25) is 0 Å². The number of hydrogen-bond acceptors (Lipinski definition) is 4. The highest BCUT2D eigenvalue weighted by atomic mass is 16.3. The van der Waals surface area contributed by atoms with Crippen LogP contribution in [0.3, 0.4) is 0 Å². The van der Waals surface area contributed by atoms with Crippen LogP contribution in [0.15, 0.2) is 12.7 Å². The van der Waals surface area contributed by atoms with Crippen LogP contribution in [0.4, 0.5) is 4.79 Å². The normalized spacial score (nSPS) is 26.0. The summed E-state index contributed by atoms with van der Waals surface area (Å²) < 4.78 is 1.67. The van der Waals surface area contributed by atoms with Crippen molar-refractivity contribution < 1.29 is 9.90 Å². The summed E-state index contributed by atoms with van der Waals surface area (Å²) >= 11 is 0. The molecule has 0 spiro atoms. The van der Waals surface area contributed by atoms with Crippen LogP contribution >= 0.6 is 0 Å². The van der Waals surface area contributed by atoms with Crippen molar-refractivity contribution in [2.75, 3.05) is 6.54 Å². The minimum Gasteiger partial charge on any atom is -0.388 e. The van der Waals surface area contributed by atoms with Crippen molar-refractivity contribution in [1.29, 1.82) is 0 Å². The van der Waals surface area contributed by atoms with Crippen LogP contribution in [0.1, 0.15) is 53.4 Å². The molecule has 3 N–H and O–H groups in total. The van der Waals surface area contributed by atoms with E-state index in [1.165, 1.54) is 6.33 Å². The Balaban J connectivity index is 1.71. The summed E-state index contributed by atoms with van der Waals surface area (Å²) in [6, 6.07) is -0.327. The Morgan fingerprint density at radius 1 is 1.42 bits per heavy atom. The van der Waals surface area contributed by atoms with Gasteiger partial charge < -0.3 is 15.7 Å². The van der Waals surface area contributed by atoms with E-state index in [9.17, 15) is 9.90 Å². The van der Waals surface area contributed by atoms with Crippen LogP contribution in [-0.4, -0.2) is 44.1 Å². The zero-order valence-corrected chi connectivity index (χ0v) is 15.2. The van der Waals surface area contributed by atoms with Crippen molar-refractivity contribution in [1.82, 2.24) is 25.4 Å². The summed E-state index contributed by atoms with van der Waals surface area (Å²) in [4.78, 5) is 15.9. The van der Waals surface area contributed by atoms with Gasteiger partial charge in [0.25, 0.3) is 0 Å². The number of carbonyl (C=O) groups is 1. The maximum absolute atomic E-state index is 12.0. The van der Waals surface area contributed by atoms with Crippen molar-refractivity contribution in [3.63, 3.8) is 0 Å². The Hall–Kier alpha value is -1.63. The van der Waals surface area contributed by atoms with Gasteiger partial charge in [0.2, 0.25) is 0 Å². The van der Waals surface area contributed by atoms with E-state index >= 15 is 0 Å². The van der Waals surface area contributed by atoms with Gasteiger partial charge in [-0.2, -0.15) is 5.10 Å². The SMILES string of the molecule is CC(Cn1cncn1)NC(=O)NCC1(O)CCC(C(C)(C)C)CC1. The molecular weight excluding hydrogens is 306 g/mol. The van der Waals surface area contributed by atoms with Gasteiger partial charge in [-0.05, 0) is 43.9 Å². The van der Waals surface area contributed by atoms with Crippen LogP contribution in [0.5, 0.6) is 0 Å². The lowest BCUT2D eigenvalue weighted by Crippen LogP contribution is -2.50. The van der Waals surface area contributed by atoms with Crippen LogP contribution < -0.4 is 10.6 Å². The Bertz CT molecular complexity index is 516. The molecule has 24 heavy (non-hydrogen) atoms. The highest BCUT2D eigenvalue weighted by Gasteiger charge is 2.37. The predicted octanol–water partition coefficient (Wildman–Crippen LogP) is 1.93. The smallest absolute Gasteiger partial charge is 0.315 e. The lowest BCUT2D eigenvalue weighted by atomic mass is 9.68. The van der Waals surface area contributed by atoms with Gasteiger partial charge in [0.05, 0.1) is 12.1 Å². The number of aromatic nitrogens is 3. The van der Waals surface area contributed by atoms with Crippen molar-refractivity contribution in [2.45, 2.75) is 71.6 Å². The molecule has 1 aliphatic carbocycles. The minimum atomic E-state index is -0.784. The Morgan fingerprint density at radius 3 is 2.62 bits per heavy atom. The summed E-state index contributed by atoms with van der Waals surface area (Å²) in [5.41, 5.74) is -0.503. The first kappa shape index (κ1) is 18.7. The first-order valence-corrected chi connectivity index (χ1v) is 8.77. The molecule has 7 heteroatoms. The zero-order valence-electron chi connectivity index (χ0n) is 15.2. The maximum atomic E-state index is 12.0. The average Bonchev–Trinajstić information content (AvgIpc) is 2.97. The zero-order chi connectivity index (χ0) is 17.8. The van der Waals surface area contributed by atoms with Crippen molar-refractivity contribution in [3.8, 4) is 0 Å². The third kappa shape index (κ3) is 5.47. The summed E-state index contributed by atoms with van der Waals surface area (Å²) in [5.74, 6) is 0.634. The van der Waals surface area contributed by atoms with Gasteiger partial charge in [0.15, 0.2) is 0 Å². The van der Waals surface area contributed by atoms with E-state index in [0.29, 0.717) is 19.0 Å². The van der Waals surface area contributed by atoms with E-state index in [1.54, 1.807) is 11.0 Å². The van der Waals surface area contributed by atoms with E-state index in [-0.39, 0.29) is 17.5 Å². The molecule has 1 heterocycles. The van der Waals surface area contributed by atoms with Crippen molar-refractivity contribution >= 4 is 6.03 Å². The molecule has 1 saturated carbocycles. The highest BCUT2D eigenvalue weighted by molar-refractivity contribution is 5.74. The Labute approximate surface area is 144 Å². The molecule has 2 amide bonds. The van der Waals surface area contributed by atoms with E-state index < -0.39 is 5.60 Å². The first-order chi connectivity index (χ1) is 11.2.